The largest absolute Gasteiger partial charge is 0.466 e. The predicted octanol–water partition coefficient (Wildman–Crippen LogP) is 9.72. The number of carbonyl (C=O) groups excluding carboxylic acids is 2. The summed E-state index contributed by atoms with van der Waals surface area (Å²) in [6.45, 7) is 9.97. The van der Waals surface area contributed by atoms with Gasteiger partial charge in [0.05, 0.1) is 6.61 Å². The van der Waals surface area contributed by atoms with Crippen molar-refractivity contribution in [3.8, 4) is 0 Å². The van der Waals surface area contributed by atoms with E-state index in [9.17, 15) is 19.2 Å². The van der Waals surface area contributed by atoms with E-state index in [0.29, 0.717) is 37.4 Å². The molecule has 302 valence electrons. The van der Waals surface area contributed by atoms with Crippen molar-refractivity contribution < 1.29 is 19.1 Å². The summed E-state index contributed by atoms with van der Waals surface area (Å²) in [5.74, 6) is -0.140. The van der Waals surface area contributed by atoms with Gasteiger partial charge < -0.3 is 24.6 Å². The highest BCUT2D eigenvalue weighted by Crippen LogP contribution is 2.23. The van der Waals surface area contributed by atoms with Gasteiger partial charge in [-0.1, -0.05) is 117 Å². The van der Waals surface area contributed by atoms with Gasteiger partial charge >= 0.3 is 11.9 Å². The van der Waals surface area contributed by atoms with E-state index >= 15 is 0 Å². The molecule has 0 fully saturated rings. The van der Waals surface area contributed by atoms with Gasteiger partial charge in [-0.05, 0) is 71.9 Å². The van der Waals surface area contributed by atoms with Crippen LogP contribution in [-0.4, -0.2) is 69.8 Å². The van der Waals surface area contributed by atoms with Crippen LogP contribution in [0.3, 0.4) is 0 Å². The molecule has 0 aromatic heterocycles. The van der Waals surface area contributed by atoms with Crippen molar-refractivity contribution >= 4 is 23.3 Å². The Morgan fingerprint density at radius 2 is 1.06 bits per heavy atom. The van der Waals surface area contributed by atoms with Crippen LogP contribution in [0, 0.1) is 0 Å². The molecule has 1 atom stereocenters. The number of nitrogens with zero attached hydrogens (tertiary/aromatic N) is 2. The summed E-state index contributed by atoms with van der Waals surface area (Å²) in [5, 5.41) is 3.23. The van der Waals surface area contributed by atoms with Crippen molar-refractivity contribution in [1.82, 2.24) is 4.90 Å². The molecular weight excluding hydrogens is 654 g/mol. The summed E-state index contributed by atoms with van der Waals surface area (Å²) in [6.07, 6.45) is 26.7. The molecule has 1 unspecified atom stereocenters. The molecule has 0 bridgehead atoms. The fourth-order valence-corrected chi connectivity index (χ4v) is 6.68. The van der Waals surface area contributed by atoms with E-state index in [2.05, 4.69) is 31.0 Å². The first-order valence-electron chi connectivity index (χ1n) is 21.6. The Kier molecular flexibility index (Phi) is 29.3. The van der Waals surface area contributed by atoms with E-state index in [1.807, 2.05) is 19.0 Å². The third-order valence-electron chi connectivity index (χ3n) is 10.00. The highest BCUT2D eigenvalue weighted by atomic mass is 16.5. The van der Waals surface area contributed by atoms with E-state index in [1.54, 1.807) is 0 Å². The van der Waals surface area contributed by atoms with Crippen molar-refractivity contribution in [1.29, 1.82) is 0 Å². The molecule has 1 rings (SSSR count). The lowest BCUT2D eigenvalue weighted by Crippen LogP contribution is -2.44. The van der Waals surface area contributed by atoms with Crippen LogP contribution in [0.1, 0.15) is 188 Å². The Hall–Kier alpha value is -2.42. The molecule has 1 aromatic carbocycles. The topological polar surface area (TPSA) is 105 Å². The normalized spacial score (nSPS) is 12.0. The molecule has 9 nitrogen and oxygen atoms in total. The van der Waals surface area contributed by atoms with Crippen molar-refractivity contribution in [2.45, 2.75) is 194 Å². The average Bonchev–Trinajstić information content (AvgIpc) is 3.12. The van der Waals surface area contributed by atoms with Crippen molar-refractivity contribution in [2.24, 2.45) is 0 Å². The van der Waals surface area contributed by atoms with Crippen LogP contribution >= 0.6 is 0 Å². The molecule has 0 radical (unpaired) electrons. The zero-order valence-electron chi connectivity index (χ0n) is 34.3. The quantitative estimate of drug-likeness (QED) is 0.0407. The summed E-state index contributed by atoms with van der Waals surface area (Å²) >= 11 is 0. The molecule has 1 N–H and O–H groups in total. The van der Waals surface area contributed by atoms with Gasteiger partial charge in [-0.3, -0.25) is 19.2 Å². The first-order valence-corrected chi connectivity index (χ1v) is 21.6. The Morgan fingerprint density at radius 3 is 1.63 bits per heavy atom. The second-order valence-corrected chi connectivity index (χ2v) is 15.2. The zero-order valence-corrected chi connectivity index (χ0v) is 34.3. The van der Waals surface area contributed by atoms with Crippen molar-refractivity contribution in [3.05, 3.63) is 20.4 Å². The molecular formula is C43H79N3O6. The maximum atomic E-state index is 12.8. The number of anilines is 2. The van der Waals surface area contributed by atoms with E-state index in [1.165, 1.54) is 44.9 Å². The lowest BCUT2D eigenvalue weighted by Gasteiger charge is -2.28. The minimum atomic E-state index is -0.410. The predicted molar refractivity (Wildman–Crippen MR) is 219 cm³/mol. The van der Waals surface area contributed by atoms with Crippen molar-refractivity contribution in [3.63, 3.8) is 0 Å². The number of nitrogens with one attached hydrogen (secondary N) is 1. The molecule has 1 aromatic rings. The number of unbranched alkanes of at least 4 members (excludes halogenated alkanes) is 17. The summed E-state index contributed by atoms with van der Waals surface area (Å²) in [4.78, 5) is 54.1. The summed E-state index contributed by atoms with van der Waals surface area (Å²) < 4.78 is 11.3. The standard InChI is InChI=1S/C43H79N3O6/c1-6-9-12-16-22-29-37(28-21-13-10-7-2)52-39(48)31-24-18-15-20-26-34-46(41-40(42(49)43(41)50)44-32-35-45(4)5)33-25-19-14-17-23-30-38(47)51-36-27-11-8-3/h37,44H,6-36H2,1-5H3. The van der Waals surface area contributed by atoms with E-state index in [-0.39, 0.29) is 23.5 Å². The highest BCUT2D eigenvalue weighted by Gasteiger charge is 2.25. The van der Waals surface area contributed by atoms with Crippen LogP contribution in [0.4, 0.5) is 11.4 Å². The summed E-state index contributed by atoms with van der Waals surface area (Å²) in [7, 11) is 3.97. The lowest BCUT2D eigenvalue weighted by atomic mass is 10.0. The van der Waals surface area contributed by atoms with Crippen LogP contribution in [0.5, 0.6) is 0 Å². The van der Waals surface area contributed by atoms with Crippen LogP contribution < -0.4 is 21.1 Å². The van der Waals surface area contributed by atoms with Crippen LogP contribution in [0.15, 0.2) is 9.59 Å². The fraction of sp³-hybridized carbons (Fsp3) is 0.860. The molecule has 0 aliphatic heterocycles. The average molecular weight is 734 g/mol. The van der Waals surface area contributed by atoms with Gasteiger partial charge in [-0.2, -0.15) is 0 Å². The molecule has 0 amide bonds. The van der Waals surface area contributed by atoms with Gasteiger partial charge in [0.15, 0.2) is 0 Å². The minimum absolute atomic E-state index is 0.0445. The number of likely N-dealkylation sites (N-methyl/N-ethyl adjacent to an activating group) is 1. The Balaban J connectivity index is 2.50. The highest BCUT2D eigenvalue weighted by molar-refractivity contribution is 5.75. The third-order valence-corrected chi connectivity index (χ3v) is 10.00. The molecule has 52 heavy (non-hydrogen) atoms. The number of hydrogen-bond acceptors (Lipinski definition) is 9. The van der Waals surface area contributed by atoms with Gasteiger partial charge in [0.1, 0.15) is 17.5 Å². The first-order chi connectivity index (χ1) is 25.2. The molecule has 9 heteroatoms. The summed E-state index contributed by atoms with van der Waals surface area (Å²) in [6, 6.07) is 0. The van der Waals surface area contributed by atoms with Gasteiger partial charge in [0.25, 0.3) is 10.9 Å². The fourth-order valence-electron chi connectivity index (χ4n) is 6.68. The van der Waals surface area contributed by atoms with Crippen LogP contribution in [0.2, 0.25) is 0 Å². The summed E-state index contributed by atoms with van der Waals surface area (Å²) in [5.41, 5.74) is 0.222. The number of hydrogen-bond donors (Lipinski definition) is 1. The zero-order chi connectivity index (χ0) is 38.2. The Labute approximate surface area is 318 Å². The number of rotatable bonds is 37. The Bertz CT molecular complexity index is 1100. The molecule has 0 aliphatic rings. The lowest BCUT2D eigenvalue weighted by molar-refractivity contribution is -0.150. The van der Waals surface area contributed by atoms with Gasteiger partial charge in [-0.15, -0.1) is 0 Å². The maximum absolute atomic E-state index is 12.8. The molecule has 0 spiro atoms. The van der Waals surface area contributed by atoms with E-state index in [4.69, 9.17) is 9.47 Å². The SMILES string of the molecule is CCCCCCCC(CCCCCC)OC(=O)CCCCCCCN(CCCCCCCC(=O)OCCCCC)c1c(NCCN(C)C)c(=O)c1=O. The first kappa shape index (κ1) is 47.6. The van der Waals surface area contributed by atoms with Crippen molar-refractivity contribution in [2.75, 3.05) is 57.1 Å². The number of ether oxygens (including phenoxy) is 2. The third kappa shape index (κ3) is 23.3. The number of carbonyl (C=O) groups is 2. The van der Waals surface area contributed by atoms with E-state index in [0.717, 1.165) is 129 Å². The second kappa shape index (κ2) is 32.0. The molecule has 0 heterocycles. The van der Waals surface area contributed by atoms with Crippen LogP contribution in [0.25, 0.3) is 0 Å². The van der Waals surface area contributed by atoms with Gasteiger partial charge in [-0.25, -0.2) is 0 Å². The minimum Gasteiger partial charge on any atom is -0.466 e. The second-order valence-electron chi connectivity index (χ2n) is 15.2. The van der Waals surface area contributed by atoms with Gasteiger partial charge in [0.2, 0.25) is 0 Å². The maximum Gasteiger partial charge on any atom is 0.306 e. The number of esters is 2. The molecule has 0 saturated carbocycles. The molecule has 0 aliphatic carbocycles. The van der Waals surface area contributed by atoms with Crippen LogP contribution in [-0.2, 0) is 19.1 Å². The molecule has 0 saturated heterocycles. The Morgan fingerprint density at radius 1 is 0.577 bits per heavy atom. The van der Waals surface area contributed by atoms with Gasteiger partial charge in [0, 0.05) is 39.0 Å². The smallest absolute Gasteiger partial charge is 0.306 e. The van der Waals surface area contributed by atoms with E-state index < -0.39 is 5.43 Å². The monoisotopic (exact) mass is 734 g/mol.